The largest absolute Gasteiger partial charge is 0.358 e. The fraction of sp³-hybridized carbons (Fsp3) is 0.400. The lowest BCUT2D eigenvalue weighted by molar-refractivity contribution is -0.390. The zero-order valence-electron chi connectivity index (χ0n) is 16.1. The Labute approximate surface area is 163 Å². The molecule has 2 aromatic heterocycles. The van der Waals surface area contributed by atoms with E-state index in [1.165, 1.54) is 22.5 Å². The van der Waals surface area contributed by atoms with E-state index in [-0.39, 0.29) is 11.9 Å². The van der Waals surface area contributed by atoms with Gasteiger partial charge in [-0.3, -0.25) is 4.90 Å². The summed E-state index contributed by atoms with van der Waals surface area (Å²) >= 11 is 0. The molecule has 0 amide bonds. The van der Waals surface area contributed by atoms with Gasteiger partial charge in [-0.2, -0.15) is 0 Å². The van der Waals surface area contributed by atoms with Crippen LogP contribution in [-0.4, -0.2) is 50.6 Å². The maximum atomic E-state index is 11.2. The Morgan fingerprint density at radius 2 is 2.04 bits per heavy atom. The highest BCUT2D eigenvalue weighted by molar-refractivity contribution is 5.71. The average Bonchev–Trinajstić information content (AvgIpc) is 3.14. The van der Waals surface area contributed by atoms with Gasteiger partial charge < -0.3 is 15.0 Å². The minimum atomic E-state index is -0.422. The summed E-state index contributed by atoms with van der Waals surface area (Å²) in [7, 11) is 2.02. The van der Waals surface area contributed by atoms with Gasteiger partial charge in [-0.05, 0) is 35.4 Å². The maximum Gasteiger partial charge on any atom is 0.348 e. The number of nitrogens with zero attached hydrogens (tertiary/aromatic N) is 6. The molecule has 0 radical (unpaired) electrons. The summed E-state index contributed by atoms with van der Waals surface area (Å²) in [5.74, 6) is 1.17. The molecule has 8 heteroatoms. The van der Waals surface area contributed by atoms with Crippen molar-refractivity contribution in [3.63, 3.8) is 0 Å². The summed E-state index contributed by atoms with van der Waals surface area (Å²) in [5, 5.41) is 15.3. The topological polar surface area (TPSA) is 79.8 Å². The number of rotatable bonds is 5. The molecule has 1 saturated heterocycles. The Morgan fingerprint density at radius 1 is 1.25 bits per heavy atom. The van der Waals surface area contributed by atoms with Gasteiger partial charge in [-0.15, -0.1) is 0 Å². The third kappa shape index (κ3) is 3.43. The molecule has 28 heavy (non-hydrogen) atoms. The quantitative estimate of drug-likeness (QED) is 0.500. The van der Waals surface area contributed by atoms with Crippen molar-refractivity contribution in [1.29, 1.82) is 0 Å². The van der Waals surface area contributed by atoms with E-state index in [1.54, 1.807) is 6.07 Å². The molecule has 1 fully saturated rings. The van der Waals surface area contributed by atoms with E-state index in [2.05, 4.69) is 51.1 Å². The Bertz CT molecular complexity index is 973. The molecule has 1 aliphatic rings. The van der Waals surface area contributed by atoms with Crippen LogP contribution in [-0.2, 0) is 6.54 Å². The van der Waals surface area contributed by atoms with Crippen LogP contribution in [0, 0.1) is 16.0 Å². The van der Waals surface area contributed by atoms with Gasteiger partial charge in [-0.25, -0.2) is 4.98 Å². The predicted octanol–water partition coefficient (Wildman–Crippen LogP) is 2.98. The minimum absolute atomic E-state index is 0.0468. The molecular formula is C20H24N6O2. The second kappa shape index (κ2) is 7.55. The first kappa shape index (κ1) is 18.4. The summed E-state index contributed by atoms with van der Waals surface area (Å²) in [6, 6.07) is 14.0. The third-order valence-corrected chi connectivity index (χ3v) is 5.68. The highest BCUT2D eigenvalue weighted by Gasteiger charge is 2.32. The molecule has 0 bridgehead atoms. The van der Waals surface area contributed by atoms with Gasteiger partial charge in [0.25, 0.3) is 0 Å². The number of piperidine rings is 1. The first-order valence-electron chi connectivity index (χ1n) is 9.51. The maximum absolute atomic E-state index is 11.2. The van der Waals surface area contributed by atoms with Gasteiger partial charge >= 0.3 is 5.82 Å². The van der Waals surface area contributed by atoms with Crippen molar-refractivity contribution in [3.05, 3.63) is 64.5 Å². The number of fused-ring (bicyclic) bond motifs is 1. The first-order valence-corrected chi connectivity index (χ1v) is 9.51. The van der Waals surface area contributed by atoms with E-state index in [0.717, 1.165) is 31.9 Å². The number of likely N-dealkylation sites (N-methyl/N-ethyl adjacent to an activating group) is 1. The summed E-state index contributed by atoms with van der Waals surface area (Å²) < 4.78 is 1.36. The van der Waals surface area contributed by atoms with Crippen LogP contribution in [0.2, 0.25) is 0 Å². The molecule has 0 saturated carbocycles. The van der Waals surface area contributed by atoms with Crippen LogP contribution >= 0.6 is 0 Å². The minimum Gasteiger partial charge on any atom is -0.358 e. The number of anilines is 1. The number of hydrogen-bond donors (Lipinski definition) is 0. The van der Waals surface area contributed by atoms with E-state index in [4.69, 9.17) is 0 Å². The normalized spacial score (nSPS) is 20.4. The van der Waals surface area contributed by atoms with Gasteiger partial charge in [0.2, 0.25) is 0 Å². The van der Waals surface area contributed by atoms with Crippen molar-refractivity contribution in [3.8, 4) is 0 Å². The van der Waals surface area contributed by atoms with Crippen molar-refractivity contribution in [2.24, 2.45) is 5.92 Å². The summed E-state index contributed by atoms with van der Waals surface area (Å²) in [6.07, 6.45) is 2.49. The van der Waals surface area contributed by atoms with E-state index < -0.39 is 4.92 Å². The van der Waals surface area contributed by atoms with Crippen LogP contribution in [0.25, 0.3) is 5.52 Å². The molecule has 0 aliphatic carbocycles. The molecular weight excluding hydrogens is 356 g/mol. The molecule has 3 heterocycles. The number of aromatic nitrogens is 3. The molecule has 8 nitrogen and oxygen atoms in total. The number of nitro groups is 1. The number of likely N-dealkylation sites (tertiary alicyclic amines) is 1. The number of benzene rings is 1. The van der Waals surface area contributed by atoms with Crippen LogP contribution < -0.4 is 4.90 Å². The Balaban J connectivity index is 1.58. The molecule has 0 spiro atoms. The van der Waals surface area contributed by atoms with Gasteiger partial charge in [0.1, 0.15) is 0 Å². The monoisotopic (exact) mass is 380 g/mol. The highest BCUT2D eigenvalue weighted by atomic mass is 16.6. The molecule has 146 valence electrons. The van der Waals surface area contributed by atoms with Crippen LogP contribution in [0.15, 0.2) is 48.8 Å². The van der Waals surface area contributed by atoms with Gasteiger partial charge in [0.15, 0.2) is 17.7 Å². The molecule has 0 N–H and O–H groups in total. The molecule has 1 aliphatic heterocycles. The van der Waals surface area contributed by atoms with E-state index in [0.29, 0.717) is 11.4 Å². The smallest absolute Gasteiger partial charge is 0.348 e. The first-order chi connectivity index (χ1) is 13.5. The molecule has 4 rings (SSSR count). The van der Waals surface area contributed by atoms with E-state index in [1.807, 2.05) is 13.1 Å². The van der Waals surface area contributed by atoms with E-state index >= 15 is 0 Å². The van der Waals surface area contributed by atoms with Crippen LogP contribution in [0.5, 0.6) is 0 Å². The van der Waals surface area contributed by atoms with E-state index in [9.17, 15) is 10.1 Å². The zero-order valence-corrected chi connectivity index (χ0v) is 16.1. The van der Waals surface area contributed by atoms with Gasteiger partial charge in [-0.1, -0.05) is 46.9 Å². The predicted molar refractivity (Wildman–Crippen MR) is 107 cm³/mol. The standard InChI is InChI=1S/C20H24N6O2/c1-15-10-11-24(12-16-6-4-3-5-7-16)13-18(15)23(2)20-17-8-9-19(26(27)28)25(17)22-14-21-20/h3-9,14-15,18H,10-13H2,1-2H3/t15-,18+/m1/s1. The molecule has 3 aromatic rings. The lowest BCUT2D eigenvalue weighted by Crippen LogP contribution is -2.51. The molecule has 1 aromatic carbocycles. The third-order valence-electron chi connectivity index (χ3n) is 5.68. The number of hydrogen-bond acceptors (Lipinski definition) is 6. The second-order valence-electron chi connectivity index (χ2n) is 7.49. The second-order valence-corrected chi connectivity index (χ2v) is 7.49. The fourth-order valence-corrected chi connectivity index (χ4v) is 4.08. The zero-order chi connectivity index (χ0) is 19.7. The van der Waals surface area contributed by atoms with Crippen molar-refractivity contribution in [2.75, 3.05) is 25.0 Å². The molecule has 0 unspecified atom stereocenters. The Hall–Kier alpha value is -3.00. The summed E-state index contributed by atoms with van der Waals surface area (Å²) in [6.45, 7) is 5.18. The van der Waals surface area contributed by atoms with Crippen LogP contribution in [0.3, 0.4) is 0 Å². The van der Waals surface area contributed by atoms with Crippen molar-refractivity contribution < 1.29 is 4.92 Å². The lowest BCUT2D eigenvalue weighted by Gasteiger charge is -2.42. The lowest BCUT2D eigenvalue weighted by atomic mass is 9.92. The fourth-order valence-electron chi connectivity index (χ4n) is 4.08. The summed E-state index contributed by atoms with van der Waals surface area (Å²) in [4.78, 5) is 19.9. The average molecular weight is 380 g/mol. The Kier molecular flexibility index (Phi) is 4.95. The van der Waals surface area contributed by atoms with Gasteiger partial charge in [0, 0.05) is 32.2 Å². The Morgan fingerprint density at radius 3 is 2.79 bits per heavy atom. The van der Waals surface area contributed by atoms with Crippen molar-refractivity contribution in [1.82, 2.24) is 19.5 Å². The summed E-state index contributed by atoms with van der Waals surface area (Å²) in [5.41, 5.74) is 1.97. The highest BCUT2D eigenvalue weighted by Crippen LogP contribution is 2.29. The molecule has 2 atom stereocenters. The van der Waals surface area contributed by atoms with Crippen LogP contribution in [0.4, 0.5) is 11.6 Å². The van der Waals surface area contributed by atoms with Crippen molar-refractivity contribution >= 4 is 17.2 Å². The van der Waals surface area contributed by atoms with Crippen LogP contribution in [0.1, 0.15) is 18.9 Å². The van der Waals surface area contributed by atoms with Gasteiger partial charge in [0.05, 0.1) is 0 Å². The SMILES string of the molecule is C[C@@H]1CCN(Cc2ccccc2)C[C@@H]1N(C)c1ncnn2c([N+](=O)[O-])ccc12. The van der Waals surface area contributed by atoms with Crippen molar-refractivity contribution in [2.45, 2.75) is 25.9 Å².